The van der Waals surface area contributed by atoms with Gasteiger partial charge in [0.25, 0.3) is 5.91 Å². The van der Waals surface area contributed by atoms with E-state index in [-0.39, 0.29) is 17.4 Å². The lowest BCUT2D eigenvalue weighted by Gasteiger charge is -2.23. The molecule has 1 aromatic carbocycles. The number of sulfonamides is 1. The van der Waals surface area contributed by atoms with E-state index in [9.17, 15) is 18.0 Å². The van der Waals surface area contributed by atoms with E-state index in [4.69, 9.17) is 9.47 Å². The molecule has 1 rings (SSSR count). The number of rotatable bonds is 10. The number of benzene rings is 1. The van der Waals surface area contributed by atoms with Gasteiger partial charge in [0.15, 0.2) is 6.10 Å². The smallest absolute Gasteiger partial charge is 0.325 e. The zero-order valence-electron chi connectivity index (χ0n) is 17.2. The van der Waals surface area contributed by atoms with E-state index in [1.54, 1.807) is 26.0 Å². The van der Waals surface area contributed by atoms with Crippen LogP contribution in [0.25, 0.3) is 0 Å². The zero-order valence-corrected chi connectivity index (χ0v) is 18.1. The number of esters is 1. The van der Waals surface area contributed by atoms with Crippen LogP contribution >= 0.6 is 0 Å². The highest BCUT2D eigenvalue weighted by Crippen LogP contribution is 2.17. The van der Waals surface area contributed by atoms with E-state index in [1.807, 2.05) is 13.8 Å². The van der Waals surface area contributed by atoms with Crippen molar-refractivity contribution in [1.29, 1.82) is 0 Å². The van der Waals surface area contributed by atoms with Crippen molar-refractivity contribution >= 4 is 21.9 Å². The number of amides is 1. The average molecular weight is 415 g/mol. The van der Waals surface area contributed by atoms with E-state index in [2.05, 4.69) is 10.0 Å². The fourth-order valence-electron chi connectivity index (χ4n) is 2.29. The first-order chi connectivity index (χ1) is 13.0. The Morgan fingerprint density at radius 1 is 1.11 bits per heavy atom. The first kappa shape index (κ1) is 24.1. The summed E-state index contributed by atoms with van der Waals surface area (Å²) in [5.74, 6) is -1.67. The van der Waals surface area contributed by atoms with Crippen LogP contribution in [0.2, 0.25) is 0 Å². The molecular weight excluding hydrogens is 384 g/mol. The molecule has 0 heterocycles. The molecule has 0 radical (unpaired) electrons. The van der Waals surface area contributed by atoms with E-state index in [0.29, 0.717) is 6.61 Å². The average Bonchev–Trinajstić information content (AvgIpc) is 2.61. The Bertz CT molecular complexity index is 792. The number of hydrogen-bond acceptors (Lipinski definition) is 6. The van der Waals surface area contributed by atoms with Crippen molar-refractivity contribution in [1.82, 2.24) is 10.0 Å². The zero-order chi connectivity index (χ0) is 21.5. The summed E-state index contributed by atoms with van der Waals surface area (Å²) in [6, 6.07) is 3.62. The van der Waals surface area contributed by atoms with Crippen LogP contribution in [0.5, 0.6) is 0 Å². The Labute approximate surface area is 167 Å². The molecule has 2 atom stereocenters. The fourth-order valence-corrected chi connectivity index (χ4v) is 3.71. The molecule has 0 bridgehead atoms. The normalized spacial score (nSPS) is 13.8. The van der Waals surface area contributed by atoms with Gasteiger partial charge in [0.1, 0.15) is 6.04 Å². The van der Waals surface area contributed by atoms with Crippen molar-refractivity contribution < 1.29 is 27.5 Å². The molecule has 0 aromatic heterocycles. The Kier molecular flexibility index (Phi) is 9.06. The van der Waals surface area contributed by atoms with Gasteiger partial charge in [0.2, 0.25) is 10.0 Å². The summed E-state index contributed by atoms with van der Waals surface area (Å²) in [7, 11) is -2.43. The first-order valence-corrected chi connectivity index (χ1v) is 10.5. The number of carbonyl (C=O) groups is 2. The molecule has 158 valence electrons. The predicted octanol–water partition coefficient (Wildman–Crippen LogP) is 1.30. The maximum Gasteiger partial charge on any atom is 0.325 e. The summed E-state index contributed by atoms with van der Waals surface area (Å²) in [6.07, 6.45) is -1.06. The highest BCUT2D eigenvalue weighted by atomic mass is 32.2. The maximum absolute atomic E-state index is 12.7. The fraction of sp³-hybridized carbons (Fsp3) is 0.579. The second kappa shape index (κ2) is 10.5. The lowest BCUT2D eigenvalue weighted by molar-refractivity contribution is -0.157. The summed E-state index contributed by atoms with van der Waals surface area (Å²) >= 11 is 0. The molecule has 0 aliphatic heterocycles. The van der Waals surface area contributed by atoms with Crippen molar-refractivity contribution in [3.8, 4) is 0 Å². The van der Waals surface area contributed by atoms with Gasteiger partial charge in [-0.25, -0.2) is 8.42 Å². The molecule has 0 spiro atoms. The number of nitrogens with one attached hydrogen (secondary N) is 2. The Morgan fingerprint density at radius 2 is 1.75 bits per heavy atom. The topological polar surface area (TPSA) is 111 Å². The Hall–Kier alpha value is -1.97. The van der Waals surface area contributed by atoms with Crippen LogP contribution in [0.15, 0.2) is 23.1 Å². The van der Waals surface area contributed by atoms with Gasteiger partial charge in [-0.3, -0.25) is 9.59 Å². The van der Waals surface area contributed by atoms with Crippen LogP contribution in [-0.2, 0) is 29.1 Å². The molecule has 1 aromatic rings. The molecule has 8 nitrogen and oxygen atoms in total. The number of hydrogen-bond donors (Lipinski definition) is 2. The largest absolute Gasteiger partial charge is 0.451 e. The molecule has 2 N–H and O–H groups in total. The van der Waals surface area contributed by atoms with Gasteiger partial charge in [0, 0.05) is 13.7 Å². The SMILES string of the molecule is COCCNC(=O)[C@H](C)OC(=O)[C@H](NS(=O)(=O)c1ccc(C)c(C)c1)C(C)C. The molecule has 0 saturated carbocycles. The maximum atomic E-state index is 12.7. The van der Waals surface area contributed by atoms with Crippen LogP contribution in [-0.4, -0.2) is 52.7 Å². The molecule has 0 aliphatic rings. The van der Waals surface area contributed by atoms with E-state index >= 15 is 0 Å². The molecule has 0 unspecified atom stereocenters. The lowest BCUT2D eigenvalue weighted by atomic mass is 10.1. The summed E-state index contributed by atoms with van der Waals surface area (Å²) < 4.78 is 37.8. The third kappa shape index (κ3) is 6.88. The molecule has 0 saturated heterocycles. The van der Waals surface area contributed by atoms with Gasteiger partial charge in [0.05, 0.1) is 11.5 Å². The standard InChI is InChI=1S/C19H30N2O6S/c1-12(2)17(19(23)27-15(5)18(22)20-9-10-26-6)21-28(24,25)16-8-7-13(3)14(4)11-16/h7-8,11-12,15,17,21H,9-10H2,1-6H3,(H,20,22)/t15-,17+/m0/s1. The van der Waals surface area contributed by atoms with Gasteiger partial charge < -0.3 is 14.8 Å². The van der Waals surface area contributed by atoms with Gasteiger partial charge in [-0.2, -0.15) is 4.72 Å². The first-order valence-electron chi connectivity index (χ1n) is 9.06. The van der Waals surface area contributed by atoms with Crippen LogP contribution < -0.4 is 10.0 Å². The highest BCUT2D eigenvalue weighted by Gasteiger charge is 2.31. The monoisotopic (exact) mass is 414 g/mol. The number of carbonyl (C=O) groups excluding carboxylic acids is 2. The van der Waals surface area contributed by atoms with Crippen LogP contribution in [0.3, 0.4) is 0 Å². The highest BCUT2D eigenvalue weighted by molar-refractivity contribution is 7.89. The third-order valence-electron chi connectivity index (χ3n) is 4.26. The lowest BCUT2D eigenvalue weighted by Crippen LogP contribution is -2.47. The number of aryl methyl sites for hydroxylation is 2. The van der Waals surface area contributed by atoms with Gasteiger partial charge in [-0.15, -0.1) is 0 Å². The molecule has 0 aliphatic carbocycles. The van der Waals surface area contributed by atoms with Crippen LogP contribution in [0.1, 0.15) is 31.9 Å². The summed E-state index contributed by atoms with van der Waals surface area (Å²) in [5, 5.41) is 2.56. The molecule has 0 fully saturated rings. The third-order valence-corrected chi connectivity index (χ3v) is 5.70. The number of methoxy groups -OCH3 is 1. The minimum absolute atomic E-state index is 0.0689. The summed E-state index contributed by atoms with van der Waals surface area (Å²) in [6.45, 7) is 9.12. The summed E-state index contributed by atoms with van der Waals surface area (Å²) in [5.41, 5.74) is 1.79. The second-order valence-electron chi connectivity index (χ2n) is 6.95. The van der Waals surface area contributed by atoms with Crippen LogP contribution in [0, 0.1) is 19.8 Å². The molecule has 9 heteroatoms. The van der Waals surface area contributed by atoms with Crippen molar-refractivity contribution in [2.24, 2.45) is 5.92 Å². The second-order valence-corrected chi connectivity index (χ2v) is 8.67. The van der Waals surface area contributed by atoms with Gasteiger partial charge in [-0.1, -0.05) is 19.9 Å². The Balaban J connectivity index is 2.87. The number of ether oxygens (including phenoxy) is 2. The minimum atomic E-state index is -3.93. The van der Waals surface area contributed by atoms with E-state index < -0.39 is 34.0 Å². The Morgan fingerprint density at radius 3 is 2.29 bits per heavy atom. The van der Waals surface area contributed by atoms with E-state index in [1.165, 1.54) is 20.1 Å². The molecule has 1 amide bonds. The van der Waals surface area contributed by atoms with Crippen molar-refractivity contribution in [2.45, 2.75) is 51.7 Å². The van der Waals surface area contributed by atoms with Gasteiger partial charge in [-0.05, 0) is 49.9 Å². The van der Waals surface area contributed by atoms with Crippen LogP contribution in [0.4, 0.5) is 0 Å². The van der Waals surface area contributed by atoms with E-state index in [0.717, 1.165) is 11.1 Å². The van der Waals surface area contributed by atoms with Crippen molar-refractivity contribution in [2.75, 3.05) is 20.3 Å². The quantitative estimate of drug-likeness (QED) is 0.441. The molecular formula is C19H30N2O6S. The molecule has 28 heavy (non-hydrogen) atoms. The summed E-state index contributed by atoms with van der Waals surface area (Å²) in [4.78, 5) is 24.5. The minimum Gasteiger partial charge on any atom is -0.451 e. The van der Waals surface area contributed by atoms with Crippen molar-refractivity contribution in [3.63, 3.8) is 0 Å². The van der Waals surface area contributed by atoms with Gasteiger partial charge >= 0.3 is 5.97 Å². The van der Waals surface area contributed by atoms with Crippen molar-refractivity contribution in [3.05, 3.63) is 29.3 Å². The predicted molar refractivity (Wildman–Crippen MR) is 105 cm³/mol.